The van der Waals surface area contributed by atoms with Gasteiger partial charge in [-0.3, -0.25) is 0 Å². The summed E-state index contributed by atoms with van der Waals surface area (Å²) in [6.07, 6.45) is 0. The van der Waals surface area contributed by atoms with Crippen LogP contribution >= 0.6 is 0 Å². The minimum Gasteiger partial charge on any atom is -0.357 e. The summed E-state index contributed by atoms with van der Waals surface area (Å²) in [5.41, 5.74) is 4.32. The van der Waals surface area contributed by atoms with Crippen LogP contribution in [0.4, 0.5) is 0 Å². The zero-order chi connectivity index (χ0) is 20.6. The Morgan fingerprint density at radius 2 is 1.71 bits per heavy atom. The standard InChI is InChI=1S/C21H30N4O2S/c1-5-23-21(25(4)15-20-9-7-6-8-17(20)2)24-14-18-10-12-19(13-11-18)16-28(26,27)22-3/h6-13,22H,5,14-16H2,1-4H3,(H,23,24). The first kappa shape index (κ1) is 21.9. The number of rotatable bonds is 8. The van der Waals surface area contributed by atoms with E-state index in [1.54, 1.807) is 0 Å². The summed E-state index contributed by atoms with van der Waals surface area (Å²) >= 11 is 0. The van der Waals surface area contributed by atoms with Crippen LogP contribution in [0.1, 0.15) is 29.2 Å². The van der Waals surface area contributed by atoms with Crippen LogP contribution in [0.2, 0.25) is 0 Å². The molecule has 0 saturated heterocycles. The Morgan fingerprint density at radius 1 is 1.07 bits per heavy atom. The molecule has 0 unspecified atom stereocenters. The third kappa shape index (κ3) is 6.65. The minimum atomic E-state index is -3.26. The van der Waals surface area contributed by atoms with Crippen molar-refractivity contribution >= 4 is 16.0 Å². The number of guanidine groups is 1. The molecule has 152 valence electrons. The highest BCUT2D eigenvalue weighted by Gasteiger charge is 2.09. The van der Waals surface area contributed by atoms with Crippen LogP contribution in [0.15, 0.2) is 53.5 Å². The van der Waals surface area contributed by atoms with E-state index >= 15 is 0 Å². The second kappa shape index (κ2) is 10.2. The molecule has 6 nitrogen and oxygen atoms in total. The van der Waals surface area contributed by atoms with E-state index < -0.39 is 10.0 Å². The van der Waals surface area contributed by atoms with E-state index in [0.29, 0.717) is 6.54 Å². The van der Waals surface area contributed by atoms with Crippen molar-refractivity contribution in [1.29, 1.82) is 0 Å². The summed E-state index contributed by atoms with van der Waals surface area (Å²) in [5, 5.41) is 3.33. The molecule has 2 aromatic rings. The molecule has 0 fully saturated rings. The van der Waals surface area contributed by atoms with Crippen molar-refractivity contribution in [3.63, 3.8) is 0 Å². The second-order valence-corrected chi connectivity index (χ2v) is 8.66. The molecule has 0 spiro atoms. The zero-order valence-corrected chi connectivity index (χ0v) is 17.9. The highest BCUT2D eigenvalue weighted by Crippen LogP contribution is 2.11. The highest BCUT2D eigenvalue weighted by molar-refractivity contribution is 7.88. The predicted molar refractivity (Wildman–Crippen MR) is 116 cm³/mol. The van der Waals surface area contributed by atoms with Crippen LogP contribution in [0, 0.1) is 6.92 Å². The van der Waals surface area contributed by atoms with Crippen molar-refractivity contribution < 1.29 is 8.42 Å². The van der Waals surface area contributed by atoms with Gasteiger partial charge < -0.3 is 10.2 Å². The Labute approximate surface area is 168 Å². The van der Waals surface area contributed by atoms with Gasteiger partial charge in [0.15, 0.2) is 5.96 Å². The molecule has 0 atom stereocenters. The SMILES string of the molecule is CCNC(=NCc1ccc(CS(=O)(=O)NC)cc1)N(C)Cc1ccccc1C. The lowest BCUT2D eigenvalue weighted by molar-refractivity contribution is 0.475. The first-order valence-corrected chi connectivity index (χ1v) is 11.0. The number of aliphatic imine (C=N–C) groups is 1. The van der Waals surface area contributed by atoms with Gasteiger partial charge in [0.1, 0.15) is 0 Å². The Balaban J connectivity index is 2.06. The Kier molecular flexibility index (Phi) is 8.02. The third-order valence-corrected chi connectivity index (χ3v) is 5.80. The Morgan fingerprint density at radius 3 is 2.32 bits per heavy atom. The van der Waals surface area contributed by atoms with E-state index in [1.165, 1.54) is 18.2 Å². The number of benzene rings is 2. The molecule has 0 aromatic heterocycles. The average molecular weight is 403 g/mol. The second-order valence-electron chi connectivity index (χ2n) is 6.73. The molecule has 2 aromatic carbocycles. The van der Waals surface area contributed by atoms with Gasteiger partial charge in [-0.05, 0) is 43.1 Å². The molecule has 0 aliphatic carbocycles. The fourth-order valence-electron chi connectivity index (χ4n) is 2.79. The fraction of sp³-hybridized carbons (Fsp3) is 0.381. The van der Waals surface area contributed by atoms with Crippen molar-refractivity contribution in [2.75, 3.05) is 20.6 Å². The normalized spacial score (nSPS) is 12.1. The van der Waals surface area contributed by atoms with Gasteiger partial charge in [0.05, 0.1) is 12.3 Å². The maximum atomic E-state index is 11.6. The fourth-order valence-corrected chi connectivity index (χ4v) is 3.56. The predicted octanol–water partition coefficient (Wildman–Crippen LogP) is 2.64. The number of nitrogens with one attached hydrogen (secondary N) is 2. The maximum Gasteiger partial charge on any atom is 0.215 e. The van der Waals surface area contributed by atoms with Crippen molar-refractivity contribution in [2.24, 2.45) is 4.99 Å². The van der Waals surface area contributed by atoms with Crippen molar-refractivity contribution in [2.45, 2.75) is 32.7 Å². The summed E-state index contributed by atoms with van der Waals surface area (Å²) < 4.78 is 25.6. The summed E-state index contributed by atoms with van der Waals surface area (Å²) in [4.78, 5) is 6.84. The van der Waals surface area contributed by atoms with Gasteiger partial charge in [0.2, 0.25) is 10.0 Å². The van der Waals surface area contributed by atoms with Gasteiger partial charge in [0, 0.05) is 20.1 Å². The molecule has 0 radical (unpaired) electrons. The molecule has 0 aliphatic rings. The lowest BCUT2D eigenvalue weighted by atomic mass is 10.1. The molecule has 2 N–H and O–H groups in total. The van der Waals surface area contributed by atoms with E-state index in [4.69, 9.17) is 4.99 Å². The van der Waals surface area contributed by atoms with E-state index in [0.717, 1.165) is 30.2 Å². The van der Waals surface area contributed by atoms with Crippen molar-refractivity contribution in [3.8, 4) is 0 Å². The summed E-state index contributed by atoms with van der Waals surface area (Å²) in [7, 11) is 0.195. The molecule has 0 heterocycles. The van der Waals surface area contributed by atoms with Crippen LogP contribution in [0.25, 0.3) is 0 Å². The smallest absolute Gasteiger partial charge is 0.215 e. The van der Waals surface area contributed by atoms with Crippen molar-refractivity contribution in [1.82, 2.24) is 14.9 Å². The molecule has 2 rings (SSSR count). The van der Waals surface area contributed by atoms with E-state index in [-0.39, 0.29) is 5.75 Å². The van der Waals surface area contributed by atoms with Gasteiger partial charge in [-0.2, -0.15) is 0 Å². The van der Waals surface area contributed by atoms with Crippen molar-refractivity contribution in [3.05, 3.63) is 70.8 Å². The van der Waals surface area contributed by atoms with Crippen LogP contribution < -0.4 is 10.0 Å². The van der Waals surface area contributed by atoms with Crippen LogP contribution in [0.3, 0.4) is 0 Å². The largest absolute Gasteiger partial charge is 0.357 e. The Hall–Kier alpha value is -2.38. The topological polar surface area (TPSA) is 73.8 Å². The van der Waals surface area contributed by atoms with Crippen LogP contribution in [-0.2, 0) is 28.9 Å². The number of hydrogen-bond acceptors (Lipinski definition) is 3. The van der Waals surface area contributed by atoms with Crippen LogP contribution in [-0.4, -0.2) is 39.9 Å². The Bertz CT molecular complexity index is 893. The lowest BCUT2D eigenvalue weighted by Gasteiger charge is -2.23. The molecular weight excluding hydrogens is 372 g/mol. The average Bonchev–Trinajstić information content (AvgIpc) is 2.68. The quantitative estimate of drug-likeness (QED) is 0.526. The number of sulfonamides is 1. The summed E-state index contributed by atoms with van der Waals surface area (Å²) in [6, 6.07) is 15.9. The number of aryl methyl sites for hydroxylation is 1. The number of hydrogen-bond donors (Lipinski definition) is 2. The molecule has 28 heavy (non-hydrogen) atoms. The molecule has 0 saturated carbocycles. The first-order chi connectivity index (χ1) is 13.3. The maximum absolute atomic E-state index is 11.6. The molecule has 0 bridgehead atoms. The first-order valence-electron chi connectivity index (χ1n) is 9.37. The monoisotopic (exact) mass is 402 g/mol. The molecule has 0 amide bonds. The van der Waals surface area contributed by atoms with Gasteiger partial charge in [0.25, 0.3) is 0 Å². The van der Waals surface area contributed by atoms with Gasteiger partial charge >= 0.3 is 0 Å². The van der Waals surface area contributed by atoms with E-state index in [1.807, 2.05) is 44.3 Å². The molecular formula is C21H30N4O2S. The van der Waals surface area contributed by atoms with Gasteiger partial charge in [-0.25, -0.2) is 18.1 Å². The number of nitrogens with zero attached hydrogens (tertiary/aromatic N) is 2. The van der Waals surface area contributed by atoms with Gasteiger partial charge in [-0.15, -0.1) is 0 Å². The van der Waals surface area contributed by atoms with E-state index in [2.05, 4.69) is 40.1 Å². The molecule has 7 heteroatoms. The zero-order valence-electron chi connectivity index (χ0n) is 17.1. The minimum absolute atomic E-state index is 0.0190. The van der Waals surface area contributed by atoms with Crippen LogP contribution in [0.5, 0.6) is 0 Å². The van der Waals surface area contributed by atoms with Gasteiger partial charge in [-0.1, -0.05) is 48.5 Å². The van der Waals surface area contributed by atoms with E-state index in [9.17, 15) is 8.42 Å². The lowest BCUT2D eigenvalue weighted by Crippen LogP contribution is -2.38. The summed E-state index contributed by atoms with van der Waals surface area (Å²) in [6.45, 7) is 6.26. The third-order valence-electron chi connectivity index (χ3n) is 4.47. The summed E-state index contributed by atoms with van der Waals surface area (Å²) in [5.74, 6) is 0.821. The molecule has 0 aliphatic heterocycles. The highest BCUT2D eigenvalue weighted by atomic mass is 32.2.